The maximum Gasteiger partial charge on any atom is 0.255 e. The minimum atomic E-state index is -0.220. The molecule has 0 saturated heterocycles. The van der Waals surface area contributed by atoms with Crippen molar-refractivity contribution in [2.45, 2.75) is 33.1 Å². The SMILES string of the molecule is CCCCCOc1ccc(C(=O)Nc2cnc(-n3ccnc3C)nc2)cc1. The van der Waals surface area contributed by atoms with E-state index < -0.39 is 0 Å². The van der Waals surface area contributed by atoms with Crippen molar-refractivity contribution in [2.75, 3.05) is 11.9 Å². The number of carbonyl (C=O) groups excluding carboxylic acids is 1. The van der Waals surface area contributed by atoms with E-state index in [1.54, 1.807) is 41.5 Å². The van der Waals surface area contributed by atoms with Crippen LogP contribution in [0.4, 0.5) is 5.69 Å². The molecule has 0 aliphatic rings. The highest BCUT2D eigenvalue weighted by Crippen LogP contribution is 2.15. The normalized spacial score (nSPS) is 10.6. The standard InChI is InChI=1S/C20H23N5O2/c1-3-4-5-12-27-18-8-6-16(7-9-18)19(26)24-17-13-22-20(23-14-17)25-11-10-21-15(25)2/h6-11,13-14H,3-5,12H2,1-2H3,(H,24,26). The van der Waals surface area contributed by atoms with Crippen molar-refractivity contribution in [1.29, 1.82) is 0 Å². The van der Waals surface area contributed by atoms with Crippen molar-refractivity contribution in [1.82, 2.24) is 19.5 Å². The van der Waals surface area contributed by atoms with Gasteiger partial charge < -0.3 is 10.1 Å². The Kier molecular flexibility index (Phi) is 6.14. The van der Waals surface area contributed by atoms with Gasteiger partial charge in [0.1, 0.15) is 11.6 Å². The Bertz CT molecular complexity index is 872. The molecule has 7 heteroatoms. The van der Waals surface area contributed by atoms with E-state index in [1.807, 2.05) is 19.1 Å². The molecule has 2 heterocycles. The third-order valence-corrected chi connectivity index (χ3v) is 4.07. The molecule has 7 nitrogen and oxygen atoms in total. The summed E-state index contributed by atoms with van der Waals surface area (Å²) < 4.78 is 7.43. The molecule has 140 valence electrons. The lowest BCUT2D eigenvalue weighted by Crippen LogP contribution is -2.13. The number of anilines is 1. The number of aromatic nitrogens is 4. The van der Waals surface area contributed by atoms with Crippen LogP contribution in [-0.2, 0) is 0 Å². The third-order valence-electron chi connectivity index (χ3n) is 4.07. The molecule has 27 heavy (non-hydrogen) atoms. The summed E-state index contributed by atoms with van der Waals surface area (Å²) in [5.41, 5.74) is 1.08. The Morgan fingerprint density at radius 2 is 1.85 bits per heavy atom. The van der Waals surface area contributed by atoms with Gasteiger partial charge in [0, 0.05) is 18.0 Å². The smallest absolute Gasteiger partial charge is 0.255 e. The fourth-order valence-electron chi connectivity index (χ4n) is 2.55. The van der Waals surface area contributed by atoms with Gasteiger partial charge in [-0.15, -0.1) is 0 Å². The Hall–Kier alpha value is -3.22. The molecule has 0 radical (unpaired) electrons. The third kappa shape index (κ3) is 4.91. The number of aryl methyl sites for hydroxylation is 1. The Labute approximate surface area is 158 Å². The number of hydrogen-bond donors (Lipinski definition) is 1. The van der Waals surface area contributed by atoms with Gasteiger partial charge in [-0.1, -0.05) is 19.8 Å². The summed E-state index contributed by atoms with van der Waals surface area (Å²) in [6.07, 6.45) is 9.97. The highest BCUT2D eigenvalue weighted by Gasteiger charge is 2.08. The van der Waals surface area contributed by atoms with Crippen LogP contribution in [0.5, 0.6) is 5.75 Å². The van der Waals surface area contributed by atoms with Crippen LogP contribution in [0.15, 0.2) is 49.1 Å². The first kappa shape index (κ1) is 18.6. The Morgan fingerprint density at radius 1 is 1.11 bits per heavy atom. The molecule has 3 aromatic rings. The molecule has 0 spiro atoms. The molecule has 1 amide bonds. The van der Waals surface area contributed by atoms with E-state index in [0.29, 0.717) is 23.8 Å². The zero-order valence-electron chi connectivity index (χ0n) is 15.6. The van der Waals surface area contributed by atoms with Gasteiger partial charge in [-0.05, 0) is 37.6 Å². The molecule has 0 saturated carbocycles. The summed E-state index contributed by atoms with van der Waals surface area (Å²) in [5.74, 6) is 1.85. The van der Waals surface area contributed by atoms with Crippen molar-refractivity contribution in [3.63, 3.8) is 0 Å². The number of carbonyl (C=O) groups is 1. The van der Waals surface area contributed by atoms with E-state index in [4.69, 9.17) is 4.74 Å². The van der Waals surface area contributed by atoms with Crippen molar-refractivity contribution >= 4 is 11.6 Å². The molecule has 0 fully saturated rings. The Balaban J connectivity index is 1.57. The average Bonchev–Trinajstić information content (AvgIpc) is 3.12. The maximum absolute atomic E-state index is 12.4. The van der Waals surface area contributed by atoms with Crippen molar-refractivity contribution in [2.24, 2.45) is 0 Å². The predicted octanol–water partition coefficient (Wildman–Crippen LogP) is 3.79. The fourth-order valence-corrected chi connectivity index (χ4v) is 2.55. The minimum Gasteiger partial charge on any atom is -0.494 e. The van der Waals surface area contributed by atoms with Gasteiger partial charge in [0.15, 0.2) is 0 Å². The summed E-state index contributed by atoms with van der Waals surface area (Å²) >= 11 is 0. The van der Waals surface area contributed by atoms with E-state index in [-0.39, 0.29) is 5.91 Å². The molecule has 2 aromatic heterocycles. The van der Waals surface area contributed by atoms with Crippen LogP contribution in [0, 0.1) is 6.92 Å². The number of nitrogens with one attached hydrogen (secondary N) is 1. The monoisotopic (exact) mass is 365 g/mol. The van der Waals surface area contributed by atoms with Crippen LogP contribution in [-0.4, -0.2) is 32.0 Å². The van der Waals surface area contributed by atoms with E-state index in [0.717, 1.165) is 30.8 Å². The number of nitrogens with zero attached hydrogens (tertiary/aromatic N) is 4. The predicted molar refractivity (Wildman–Crippen MR) is 103 cm³/mol. The molecule has 0 aliphatic carbocycles. The molecule has 0 atom stereocenters. The molecule has 0 bridgehead atoms. The van der Waals surface area contributed by atoms with Crippen LogP contribution in [0.25, 0.3) is 5.95 Å². The van der Waals surface area contributed by atoms with Crippen LogP contribution in [0.1, 0.15) is 42.4 Å². The average molecular weight is 365 g/mol. The number of rotatable bonds is 8. The number of unbranched alkanes of at least 4 members (excludes halogenated alkanes) is 2. The van der Waals surface area contributed by atoms with Crippen molar-refractivity contribution < 1.29 is 9.53 Å². The number of imidazole rings is 1. The maximum atomic E-state index is 12.4. The quantitative estimate of drug-likeness (QED) is 0.614. The van der Waals surface area contributed by atoms with E-state index in [1.165, 1.54) is 0 Å². The second-order valence-corrected chi connectivity index (χ2v) is 6.15. The molecular weight excluding hydrogens is 342 g/mol. The molecule has 1 N–H and O–H groups in total. The van der Waals surface area contributed by atoms with E-state index in [2.05, 4.69) is 27.2 Å². The van der Waals surface area contributed by atoms with E-state index >= 15 is 0 Å². The van der Waals surface area contributed by atoms with E-state index in [9.17, 15) is 4.79 Å². The Morgan fingerprint density at radius 3 is 2.48 bits per heavy atom. The van der Waals surface area contributed by atoms with Gasteiger partial charge in [0.2, 0.25) is 5.95 Å². The molecule has 3 rings (SSSR count). The largest absolute Gasteiger partial charge is 0.494 e. The molecule has 0 unspecified atom stereocenters. The van der Waals surface area contributed by atoms with Crippen molar-refractivity contribution in [3.8, 4) is 11.7 Å². The van der Waals surface area contributed by atoms with Gasteiger partial charge in [-0.25, -0.2) is 15.0 Å². The zero-order chi connectivity index (χ0) is 19.1. The van der Waals surface area contributed by atoms with Crippen molar-refractivity contribution in [3.05, 3.63) is 60.4 Å². The van der Waals surface area contributed by atoms with Crippen LogP contribution in [0.2, 0.25) is 0 Å². The van der Waals surface area contributed by atoms with Gasteiger partial charge in [0.25, 0.3) is 5.91 Å². The van der Waals surface area contributed by atoms with Gasteiger partial charge >= 0.3 is 0 Å². The highest BCUT2D eigenvalue weighted by atomic mass is 16.5. The number of benzene rings is 1. The summed E-state index contributed by atoms with van der Waals surface area (Å²) in [5, 5.41) is 2.80. The molecular formula is C20H23N5O2. The molecule has 1 aromatic carbocycles. The van der Waals surface area contributed by atoms with Gasteiger partial charge in [-0.3, -0.25) is 9.36 Å². The topological polar surface area (TPSA) is 81.9 Å². The fraction of sp³-hybridized carbons (Fsp3) is 0.300. The summed E-state index contributed by atoms with van der Waals surface area (Å²) in [7, 11) is 0. The molecule has 0 aliphatic heterocycles. The first-order valence-corrected chi connectivity index (χ1v) is 9.04. The number of amides is 1. The lowest BCUT2D eigenvalue weighted by molar-refractivity contribution is 0.102. The minimum absolute atomic E-state index is 0.220. The highest BCUT2D eigenvalue weighted by molar-refractivity contribution is 6.04. The summed E-state index contributed by atoms with van der Waals surface area (Å²) in [6.45, 7) is 4.72. The van der Waals surface area contributed by atoms with Gasteiger partial charge in [0.05, 0.1) is 24.7 Å². The second kappa shape index (κ2) is 8.93. The number of hydrogen-bond acceptors (Lipinski definition) is 5. The number of ether oxygens (including phenoxy) is 1. The van der Waals surface area contributed by atoms with Gasteiger partial charge in [-0.2, -0.15) is 0 Å². The summed E-state index contributed by atoms with van der Waals surface area (Å²) in [4.78, 5) is 25.0. The lowest BCUT2D eigenvalue weighted by atomic mass is 10.2. The second-order valence-electron chi connectivity index (χ2n) is 6.15. The zero-order valence-corrected chi connectivity index (χ0v) is 15.6. The first-order chi connectivity index (χ1) is 13.2. The first-order valence-electron chi connectivity index (χ1n) is 9.04. The van der Waals surface area contributed by atoms with Crippen LogP contribution in [0.3, 0.4) is 0 Å². The summed E-state index contributed by atoms with van der Waals surface area (Å²) in [6, 6.07) is 7.10. The van der Waals surface area contributed by atoms with Crippen LogP contribution >= 0.6 is 0 Å². The lowest BCUT2D eigenvalue weighted by Gasteiger charge is -2.08. The van der Waals surface area contributed by atoms with Crippen LogP contribution < -0.4 is 10.1 Å².